The Balaban J connectivity index is 3.96. The predicted molar refractivity (Wildman–Crippen MR) is 131 cm³/mol. The molecule has 0 fully saturated rings. The summed E-state index contributed by atoms with van der Waals surface area (Å²) in [6.45, 7) is 11.4. The number of hydrogen-bond donors (Lipinski definition) is 1. The second-order valence-corrected chi connectivity index (χ2v) is 10.8. The van der Waals surface area contributed by atoms with Crippen LogP contribution in [-0.2, 0) is 9.47 Å². The highest BCUT2D eigenvalue weighted by atomic mass is 16.6. The van der Waals surface area contributed by atoms with Crippen molar-refractivity contribution in [2.45, 2.75) is 143 Å². The molecule has 190 valence electrons. The van der Waals surface area contributed by atoms with Gasteiger partial charge in [0.15, 0.2) is 0 Å². The van der Waals surface area contributed by atoms with Gasteiger partial charge < -0.3 is 14.6 Å². The van der Waals surface area contributed by atoms with Crippen LogP contribution in [0, 0.1) is 0 Å². The maximum atomic E-state index is 12.5. The summed E-state index contributed by atoms with van der Waals surface area (Å²) >= 11 is 0. The van der Waals surface area contributed by atoms with Crippen molar-refractivity contribution in [3.05, 3.63) is 0 Å². The Hall–Kier alpha value is -1.30. The van der Waals surface area contributed by atoms with Gasteiger partial charge in [-0.05, 0) is 54.4 Å². The van der Waals surface area contributed by atoms with Crippen LogP contribution in [-0.4, -0.2) is 46.5 Å². The fourth-order valence-corrected chi connectivity index (χ4v) is 3.39. The minimum atomic E-state index is -0.656. The van der Waals surface area contributed by atoms with E-state index in [-0.39, 0.29) is 0 Å². The van der Waals surface area contributed by atoms with Crippen molar-refractivity contribution in [2.75, 3.05) is 13.2 Å². The second-order valence-electron chi connectivity index (χ2n) is 10.8. The number of nitrogens with zero attached hydrogens (tertiary/aromatic N) is 1. The molecule has 0 aromatic carbocycles. The number of aliphatic hydroxyl groups is 1. The highest BCUT2D eigenvalue weighted by Crippen LogP contribution is 2.17. The smallest absolute Gasteiger partial charge is 0.419 e. The molecular formula is C26H51NO5. The molecule has 0 aromatic heterocycles. The molecule has 0 rings (SSSR count). The van der Waals surface area contributed by atoms with Crippen LogP contribution in [0.1, 0.15) is 131 Å². The minimum Gasteiger partial charge on any atom is -0.443 e. The first-order chi connectivity index (χ1) is 15.0. The molecule has 0 heterocycles. The summed E-state index contributed by atoms with van der Waals surface area (Å²) in [4.78, 5) is 26.0. The summed E-state index contributed by atoms with van der Waals surface area (Å²) in [6, 6.07) is 0. The van der Waals surface area contributed by atoms with Crippen molar-refractivity contribution >= 4 is 12.2 Å². The molecule has 1 N–H and O–H groups in total. The summed E-state index contributed by atoms with van der Waals surface area (Å²) in [5, 5.41) is 8.76. The first-order valence-electron chi connectivity index (χ1n) is 12.8. The molecule has 0 unspecified atom stereocenters. The summed E-state index contributed by atoms with van der Waals surface area (Å²) in [6.07, 6.45) is 15.2. The molecular weight excluding hydrogens is 406 g/mol. The molecule has 0 aliphatic rings. The monoisotopic (exact) mass is 457 g/mol. The van der Waals surface area contributed by atoms with E-state index in [2.05, 4.69) is 0 Å². The van der Waals surface area contributed by atoms with E-state index in [0.29, 0.717) is 13.2 Å². The number of imide groups is 1. The standard InChI is InChI=1S/C26H51NO5/c1-25(2,3)31-23(29)27(24(30)32-26(4,5)6)21-19-17-15-13-11-9-7-8-10-12-14-16-18-20-22-28/h28H,7-22H2,1-6H3. The molecule has 0 radical (unpaired) electrons. The lowest BCUT2D eigenvalue weighted by Crippen LogP contribution is -2.44. The van der Waals surface area contributed by atoms with Crippen LogP contribution in [0.4, 0.5) is 9.59 Å². The topological polar surface area (TPSA) is 76.1 Å². The minimum absolute atomic E-state index is 0.322. The van der Waals surface area contributed by atoms with Crippen molar-refractivity contribution in [3.63, 3.8) is 0 Å². The lowest BCUT2D eigenvalue weighted by Gasteiger charge is -2.28. The van der Waals surface area contributed by atoms with Gasteiger partial charge in [-0.15, -0.1) is 0 Å². The van der Waals surface area contributed by atoms with Crippen LogP contribution in [0.5, 0.6) is 0 Å². The van der Waals surface area contributed by atoms with E-state index in [0.717, 1.165) is 37.0 Å². The summed E-state index contributed by atoms with van der Waals surface area (Å²) in [7, 11) is 0. The number of rotatable bonds is 16. The third-order valence-corrected chi connectivity index (χ3v) is 5.02. The third-order valence-electron chi connectivity index (χ3n) is 5.02. The Morgan fingerprint density at radius 3 is 1.12 bits per heavy atom. The number of aliphatic hydroxyl groups excluding tert-OH is 1. The van der Waals surface area contributed by atoms with E-state index in [1.807, 2.05) is 0 Å². The zero-order valence-electron chi connectivity index (χ0n) is 21.8. The van der Waals surface area contributed by atoms with Gasteiger partial charge in [0, 0.05) is 13.2 Å². The van der Waals surface area contributed by atoms with Crippen molar-refractivity contribution in [1.29, 1.82) is 0 Å². The quantitative estimate of drug-likeness (QED) is 0.241. The van der Waals surface area contributed by atoms with Crippen LogP contribution in [0.2, 0.25) is 0 Å². The molecule has 0 aliphatic carbocycles. The fraction of sp³-hybridized carbons (Fsp3) is 0.923. The first-order valence-corrected chi connectivity index (χ1v) is 12.8. The summed E-state index contributed by atoms with van der Waals surface area (Å²) in [5.41, 5.74) is -1.31. The van der Waals surface area contributed by atoms with Crippen molar-refractivity contribution in [2.24, 2.45) is 0 Å². The molecule has 0 aliphatic heterocycles. The average molecular weight is 458 g/mol. The zero-order chi connectivity index (χ0) is 24.5. The molecule has 0 saturated carbocycles. The Morgan fingerprint density at radius 1 is 0.562 bits per heavy atom. The fourth-order valence-electron chi connectivity index (χ4n) is 3.39. The van der Waals surface area contributed by atoms with Gasteiger partial charge in [0.05, 0.1) is 0 Å². The molecule has 32 heavy (non-hydrogen) atoms. The normalized spacial score (nSPS) is 12.0. The third kappa shape index (κ3) is 19.4. The van der Waals surface area contributed by atoms with E-state index in [1.54, 1.807) is 41.5 Å². The largest absolute Gasteiger partial charge is 0.443 e. The molecule has 0 spiro atoms. The number of carbonyl (C=O) groups is 2. The van der Waals surface area contributed by atoms with Gasteiger partial charge in [0.25, 0.3) is 0 Å². The van der Waals surface area contributed by atoms with Crippen molar-refractivity contribution in [3.8, 4) is 0 Å². The molecule has 6 nitrogen and oxygen atoms in total. The average Bonchev–Trinajstić information content (AvgIpc) is 2.64. The summed E-state index contributed by atoms with van der Waals surface area (Å²) in [5.74, 6) is 0. The van der Waals surface area contributed by atoms with Crippen molar-refractivity contribution in [1.82, 2.24) is 4.90 Å². The molecule has 0 atom stereocenters. The SMILES string of the molecule is CC(C)(C)OC(=O)N(CCCCCCCCCCCCCCCCO)C(=O)OC(C)(C)C. The van der Waals surface area contributed by atoms with Crippen LogP contribution in [0.25, 0.3) is 0 Å². The Kier molecular flexibility index (Phi) is 16.5. The maximum Gasteiger partial charge on any atom is 0.419 e. The van der Waals surface area contributed by atoms with Gasteiger partial charge in [-0.3, -0.25) is 0 Å². The van der Waals surface area contributed by atoms with Gasteiger partial charge in [-0.2, -0.15) is 0 Å². The van der Waals surface area contributed by atoms with Gasteiger partial charge >= 0.3 is 12.2 Å². The van der Waals surface area contributed by atoms with Crippen LogP contribution < -0.4 is 0 Å². The van der Waals surface area contributed by atoms with Crippen LogP contribution >= 0.6 is 0 Å². The first kappa shape index (κ1) is 30.7. The lowest BCUT2D eigenvalue weighted by atomic mass is 10.0. The van der Waals surface area contributed by atoms with Crippen molar-refractivity contribution < 1.29 is 24.2 Å². The van der Waals surface area contributed by atoms with E-state index >= 15 is 0 Å². The molecule has 2 amide bonds. The maximum absolute atomic E-state index is 12.5. The molecule has 0 aromatic rings. The van der Waals surface area contributed by atoms with E-state index in [4.69, 9.17) is 14.6 Å². The van der Waals surface area contributed by atoms with Gasteiger partial charge in [0.2, 0.25) is 0 Å². The summed E-state index contributed by atoms with van der Waals surface area (Å²) < 4.78 is 10.8. The van der Waals surface area contributed by atoms with Crippen LogP contribution in [0.3, 0.4) is 0 Å². The number of amides is 2. The van der Waals surface area contributed by atoms with E-state index < -0.39 is 23.4 Å². The number of carbonyl (C=O) groups excluding carboxylic acids is 2. The highest BCUT2D eigenvalue weighted by Gasteiger charge is 2.30. The van der Waals surface area contributed by atoms with E-state index in [1.165, 1.54) is 57.8 Å². The molecule has 0 bridgehead atoms. The Morgan fingerprint density at radius 2 is 0.844 bits per heavy atom. The zero-order valence-corrected chi connectivity index (χ0v) is 21.8. The number of ether oxygens (including phenoxy) is 2. The van der Waals surface area contributed by atoms with Gasteiger partial charge in [-0.1, -0.05) is 77.0 Å². The number of unbranched alkanes of at least 4 members (excludes halogenated alkanes) is 13. The highest BCUT2D eigenvalue weighted by molar-refractivity contribution is 5.88. The predicted octanol–water partition coefficient (Wildman–Crippen LogP) is 7.61. The Bertz CT molecular complexity index is 465. The number of hydrogen-bond acceptors (Lipinski definition) is 5. The molecule has 0 saturated heterocycles. The lowest BCUT2D eigenvalue weighted by molar-refractivity contribution is 0.00118. The van der Waals surface area contributed by atoms with E-state index in [9.17, 15) is 9.59 Å². The van der Waals surface area contributed by atoms with Gasteiger partial charge in [0.1, 0.15) is 11.2 Å². The second kappa shape index (κ2) is 17.2. The Labute approximate surface area is 197 Å². The van der Waals surface area contributed by atoms with Crippen LogP contribution in [0.15, 0.2) is 0 Å². The van der Waals surface area contributed by atoms with Gasteiger partial charge in [-0.25, -0.2) is 14.5 Å². The molecule has 6 heteroatoms.